The topological polar surface area (TPSA) is 91.1 Å². The molecule has 1 aromatic carbocycles. The van der Waals surface area contributed by atoms with Crippen LogP contribution < -0.4 is 10.2 Å². The summed E-state index contributed by atoms with van der Waals surface area (Å²) in [6.45, 7) is 8.08. The van der Waals surface area contributed by atoms with Gasteiger partial charge in [-0.05, 0) is 56.2 Å². The first-order valence-electron chi connectivity index (χ1n) is 11.6. The van der Waals surface area contributed by atoms with Crippen molar-refractivity contribution in [1.29, 1.82) is 5.26 Å². The van der Waals surface area contributed by atoms with E-state index in [2.05, 4.69) is 52.2 Å². The summed E-state index contributed by atoms with van der Waals surface area (Å²) in [5.74, 6) is 1.55. The van der Waals surface area contributed by atoms with Crippen molar-refractivity contribution in [1.82, 2.24) is 9.97 Å². The van der Waals surface area contributed by atoms with Crippen LogP contribution in [0.5, 0.6) is 0 Å². The van der Waals surface area contributed by atoms with Crippen molar-refractivity contribution < 1.29 is 9.53 Å². The lowest BCUT2D eigenvalue weighted by atomic mass is 9.92. The molecule has 0 amide bonds. The number of aromatic nitrogens is 2. The lowest BCUT2D eigenvalue weighted by molar-refractivity contribution is -0.148. The van der Waals surface area contributed by atoms with Crippen LogP contribution in [0, 0.1) is 17.2 Å². The zero-order chi connectivity index (χ0) is 22.9. The number of hydrogen-bond donors (Lipinski definition) is 1. The van der Waals surface area contributed by atoms with Gasteiger partial charge in [0, 0.05) is 18.8 Å². The van der Waals surface area contributed by atoms with Crippen LogP contribution in [0.25, 0.3) is 0 Å². The van der Waals surface area contributed by atoms with Gasteiger partial charge in [0.1, 0.15) is 11.9 Å². The maximum atomic E-state index is 12.0. The van der Waals surface area contributed by atoms with Crippen molar-refractivity contribution in [3.8, 4) is 6.07 Å². The van der Waals surface area contributed by atoms with Gasteiger partial charge in [-0.25, -0.2) is 9.97 Å². The fraction of sp³-hybridized carbons (Fsp3) is 0.520. The fourth-order valence-corrected chi connectivity index (χ4v) is 4.24. The number of ether oxygens (including phenoxy) is 1. The average molecular weight is 436 g/mol. The molecular weight excluding hydrogens is 402 g/mol. The number of nitrogens with one attached hydrogen (secondary N) is 1. The average Bonchev–Trinajstić information content (AvgIpc) is 2.83. The Kier molecular flexibility index (Phi) is 8.43. The number of carbonyl (C=O) groups is 1. The maximum Gasteiger partial charge on any atom is 0.309 e. The zero-order valence-corrected chi connectivity index (χ0v) is 19.3. The summed E-state index contributed by atoms with van der Waals surface area (Å²) in [6.07, 6.45) is 6.56. The smallest absolute Gasteiger partial charge is 0.309 e. The summed E-state index contributed by atoms with van der Waals surface area (Å²) in [6, 6.07) is 10.5. The van der Waals surface area contributed by atoms with E-state index in [1.165, 1.54) is 18.4 Å². The molecule has 32 heavy (non-hydrogen) atoms. The zero-order valence-electron chi connectivity index (χ0n) is 19.3. The molecule has 0 bridgehead atoms. The van der Waals surface area contributed by atoms with E-state index in [-0.39, 0.29) is 17.6 Å². The molecule has 0 saturated carbocycles. The molecule has 170 valence electrons. The molecule has 0 aliphatic carbocycles. The number of benzene rings is 1. The van der Waals surface area contributed by atoms with Crippen molar-refractivity contribution in [2.24, 2.45) is 5.92 Å². The lowest BCUT2D eigenvalue weighted by Crippen LogP contribution is -2.37. The van der Waals surface area contributed by atoms with Crippen LogP contribution >= 0.6 is 0 Å². The van der Waals surface area contributed by atoms with Gasteiger partial charge in [0.05, 0.1) is 18.7 Å². The van der Waals surface area contributed by atoms with E-state index >= 15 is 0 Å². The van der Waals surface area contributed by atoms with E-state index in [0.29, 0.717) is 37.3 Å². The molecule has 1 fully saturated rings. The van der Waals surface area contributed by atoms with Gasteiger partial charge in [-0.3, -0.25) is 4.79 Å². The van der Waals surface area contributed by atoms with Gasteiger partial charge < -0.3 is 15.0 Å². The van der Waals surface area contributed by atoms with E-state index in [4.69, 9.17) is 4.74 Å². The van der Waals surface area contributed by atoms with Gasteiger partial charge in [-0.15, -0.1) is 0 Å². The number of hydrogen-bond acceptors (Lipinski definition) is 7. The van der Waals surface area contributed by atoms with E-state index in [1.54, 1.807) is 6.20 Å². The molecule has 1 aromatic heterocycles. The van der Waals surface area contributed by atoms with Gasteiger partial charge in [0.25, 0.3) is 0 Å². The highest BCUT2D eigenvalue weighted by atomic mass is 16.5. The van der Waals surface area contributed by atoms with Crippen molar-refractivity contribution in [2.45, 2.75) is 58.8 Å². The second-order valence-corrected chi connectivity index (χ2v) is 8.19. The molecular formula is C25H33N5O2. The molecule has 1 unspecified atom stereocenters. The molecule has 2 aromatic rings. The predicted octanol–water partition coefficient (Wildman–Crippen LogP) is 5.17. The Labute approximate surface area is 190 Å². The Morgan fingerprint density at radius 1 is 1.25 bits per heavy atom. The fourth-order valence-electron chi connectivity index (χ4n) is 4.24. The normalized spacial score (nSPS) is 15.1. The number of anilines is 3. The van der Waals surface area contributed by atoms with Gasteiger partial charge in [0.2, 0.25) is 0 Å². The monoisotopic (exact) mass is 435 g/mol. The third kappa shape index (κ3) is 5.76. The molecule has 1 aliphatic rings. The first kappa shape index (κ1) is 23.5. The Hall–Kier alpha value is -3.14. The second-order valence-electron chi connectivity index (χ2n) is 8.19. The molecule has 1 aliphatic heterocycles. The number of nitrogens with zero attached hydrogens (tertiary/aromatic N) is 4. The number of rotatable bonds is 9. The minimum atomic E-state index is -0.117. The van der Waals surface area contributed by atoms with E-state index in [1.807, 2.05) is 19.1 Å². The Balaban J connectivity index is 1.71. The van der Waals surface area contributed by atoms with Gasteiger partial charge in [-0.1, -0.05) is 32.4 Å². The lowest BCUT2D eigenvalue weighted by Gasteiger charge is -2.31. The van der Waals surface area contributed by atoms with E-state index in [0.717, 1.165) is 24.9 Å². The van der Waals surface area contributed by atoms with Gasteiger partial charge in [-0.2, -0.15) is 5.26 Å². The second kappa shape index (κ2) is 11.5. The molecule has 0 spiro atoms. The van der Waals surface area contributed by atoms with Crippen molar-refractivity contribution >= 4 is 23.3 Å². The van der Waals surface area contributed by atoms with Crippen molar-refractivity contribution in [3.63, 3.8) is 0 Å². The summed E-state index contributed by atoms with van der Waals surface area (Å²) >= 11 is 0. The van der Waals surface area contributed by atoms with E-state index in [9.17, 15) is 10.1 Å². The van der Waals surface area contributed by atoms with E-state index < -0.39 is 0 Å². The van der Waals surface area contributed by atoms with Gasteiger partial charge in [0.15, 0.2) is 11.5 Å². The molecule has 3 rings (SSSR count). The number of carbonyl (C=O) groups excluding carboxylic acids is 1. The summed E-state index contributed by atoms with van der Waals surface area (Å²) in [5, 5.41) is 12.8. The molecule has 1 saturated heterocycles. The van der Waals surface area contributed by atoms with Crippen LogP contribution in [-0.2, 0) is 9.53 Å². The SMILES string of the molecule is CCCC(CC)c1ccc(Nc2nc(N3CCC(C(=O)OCC)CC3)cnc2C#N)cc1. The van der Waals surface area contributed by atoms with Crippen LogP contribution in [0.3, 0.4) is 0 Å². The molecule has 0 radical (unpaired) electrons. The van der Waals surface area contributed by atoms with Crippen LogP contribution in [0.2, 0.25) is 0 Å². The van der Waals surface area contributed by atoms with Crippen molar-refractivity contribution in [3.05, 3.63) is 41.7 Å². The first-order chi connectivity index (χ1) is 15.6. The standard InChI is InChI=1S/C25H33N5O2/c1-4-7-18(5-2)19-8-10-21(11-9-19)28-24-22(16-26)27-17-23(29-24)30-14-12-20(13-15-30)25(31)32-6-3/h8-11,17-18,20H,4-7,12-15H2,1-3H3,(H,28,29). The summed E-state index contributed by atoms with van der Waals surface area (Å²) in [7, 11) is 0. The Bertz CT molecular complexity index is 930. The number of piperidine rings is 1. The van der Waals surface area contributed by atoms with Crippen molar-refractivity contribution in [2.75, 3.05) is 29.9 Å². The van der Waals surface area contributed by atoms with Crippen LogP contribution in [0.4, 0.5) is 17.3 Å². The van der Waals surface area contributed by atoms with Crippen LogP contribution in [-0.4, -0.2) is 35.6 Å². The number of nitriles is 1. The Morgan fingerprint density at radius 3 is 2.56 bits per heavy atom. The summed E-state index contributed by atoms with van der Waals surface area (Å²) in [5.41, 5.74) is 2.48. The highest BCUT2D eigenvalue weighted by molar-refractivity contribution is 5.73. The largest absolute Gasteiger partial charge is 0.466 e. The highest BCUT2D eigenvalue weighted by Crippen LogP contribution is 2.28. The molecule has 2 heterocycles. The minimum absolute atomic E-state index is 0.0618. The number of esters is 1. The third-order valence-electron chi connectivity index (χ3n) is 6.08. The third-order valence-corrected chi connectivity index (χ3v) is 6.08. The summed E-state index contributed by atoms with van der Waals surface area (Å²) in [4.78, 5) is 23.1. The molecule has 1 N–H and O–H groups in total. The quantitative estimate of drug-likeness (QED) is 0.544. The van der Waals surface area contributed by atoms with Gasteiger partial charge >= 0.3 is 5.97 Å². The van der Waals surface area contributed by atoms with Crippen LogP contribution in [0.1, 0.15) is 70.1 Å². The minimum Gasteiger partial charge on any atom is -0.466 e. The van der Waals surface area contributed by atoms with Crippen LogP contribution in [0.15, 0.2) is 30.5 Å². The highest BCUT2D eigenvalue weighted by Gasteiger charge is 2.27. The first-order valence-corrected chi connectivity index (χ1v) is 11.6. The maximum absolute atomic E-state index is 12.0. The molecule has 1 atom stereocenters. The molecule has 7 nitrogen and oxygen atoms in total. The summed E-state index contributed by atoms with van der Waals surface area (Å²) < 4.78 is 5.15. The Morgan fingerprint density at radius 2 is 1.97 bits per heavy atom. The predicted molar refractivity (Wildman–Crippen MR) is 126 cm³/mol. The molecule has 7 heteroatoms.